The van der Waals surface area contributed by atoms with Gasteiger partial charge in [-0.3, -0.25) is 24.0 Å². The van der Waals surface area contributed by atoms with Gasteiger partial charge in [0.1, 0.15) is 23.2 Å². The third-order valence-electron chi connectivity index (χ3n) is 12.7. The molecule has 1 aliphatic heterocycles. The van der Waals surface area contributed by atoms with Gasteiger partial charge in [-0.15, -0.1) is 6.58 Å². The van der Waals surface area contributed by atoms with Crippen LogP contribution in [0.5, 0.6) is 0 Å². The fourth-order valence-corrected chi connectivity index (χ4v) is 9.85. The lowest BCUT2D eigenvalue weighted by Crippen LogP contribution is -2.64. The van der Waals surface area contributed by atoms with Crippen molar-refractivity contribution in [1.29, 1.82) is 0 Å². The topological polar surface area (TPSA) is 183 Å². The largest absolute Gasteiger partial charge is 0.346 e. The first-order valence-electron chi connectivity index (χ1n) is 20.1. The van der Waals surface area contributed by atoms with Gasteiger partial charge in [0.15, 0.2) is 0 Å². The molecule has 308 valence electrons. The zero-order valence-corrected chi connectivity index (χ0v) is 35.2. The van der Waals surface area contributed by atoms with E-state index in [2.05, 4.69) is 46.1 Å². The molecule has 4 fully saturated rings. The number of nitrogens with one attached hydrogen (secondary N) is 4. The van der Waals surface area contributed by atoms with Gasteiger partial charge in [-0.2, -0.15) is 4.72 Å². The van der Waals surface area contributed by atoms with Gasteiger partial charge < -0.3 is 20.9 Å². The predicted octanol–water partition coefficient (Wildman–Crippen LogP) is 4.47. The number of carbonyl (C=O) groups excluding carboxylic acids is 5. The van der Waals surface area contributed by atoms with Gasteiger partial charge in [0.25, 0.3) is 15.9 Å². The number of hydrogen-bond acceptors (Lipinski definition) is 8. The summed E-state index contributed by atoms with van der Waals surface area (Å²) in [4.78, 5) is 75.6. The normalized spacial score (nSPS) is 24.5. The Morgan fingerprint density at radius 3 is 2.25 bits per heavy atom. The molecule has 56 heavy (non-hydrogen) atoms. The summed E-state index contributed by atoms with van der Waals surface area (Å²) < 4.78 is 30.5. The summed E-state index contributed by atoms with van der Waals surface area (Å²) in [5.74, 6) is -3.08. The maximum absolute atomic E-state index is 14.8. The van der Waals surface area contributed by atoms with Gasteiger partial charge in [-0.1, -0.05) is 97.9 Å². The summed E-state index contributed by atoms with van der Waals surface area (Å²) >= 11 is 0. The summed E-state index contributed by atoms with van der Waals surface area (Å²) in [6.07, 6.45) is 7.43. The van der Waals surface area contributed by atoms with Gasteiger partial charge in [0.2, 0.25) is 23.5 Å². The van der Waals surface area contributed by atoms with Crippen molar-refractivity contribution in [2.24, 2.45) is 39.0 Å². The Kier molecular flexibility index (Phi) is 12.7. The third-order valence-corrected chi connectivity index (χ3v) is 14.1. The number of rotatable bonds is 15. The van der Waals surface area contributed by atoms with Crippen molar-refractivity contribution >= 4 is 50.2 Å². The molecule has 14 heteroatoms. The number of aryl methyl sites for hydroxylation is 1. The van der Waals surface area contributed by atoms with E-state index < -0.39 is 74.4 Å². The van der Waals surface area contributed by atoms with Crippen molar-refractivity contribution in [1.82, 2.24) is 25.6 Å². The average molecular weight is 795 g/mol. The second kappa shape index (κ2) is 16.5. The number of carbonyl (C=O) groups is 5. The molecule has 0 radical (unpaired) electrons. The van der Waals surface area contributed by atoms with Crippen molar-refractivity contribution in [3.63, 3.8) is 0 Å². The van der Waals surface area contributed by atoms with E-state index in [0.717, 1.165) is 37.7 Å². The number of likely N-dealkylation sites (tertiary alicyclic amines) is 1. The van der Waals surface area contributed by atoms with Gasteiger partial charge in [-0.25, -0.2) is 13.4 Å². The quantitative estimate of drug-likeness (QED) is 0.0874. The van der Waals surface area contributed by atoms with Crippen LogP contribution in [0.2, 0.25) is 0 Å². The molecular weight excluding hydrogens is 733 g/mol. The van der Waals surface area contributed by atoms with Crippen LogP contribution in [0.1, 0.15) is 105 Å². The fraction of sp³-hybridized carbons (Fsp3) is 0.667. The number of fused-ring (bicyclic) bond motifs is 1. The second-order valence-electron chi connectivity index (χ2n) is 18.5. The van der Waals surface area contributed by atoms with Crippen LogP contribution in [-0.4, -0.2) is 85.0 Å². The molecule has 4 N–H and O–H groups in total. The van der Waals surface area contributed by atoms with Crippen LogP contribution in [0.15, 0.2) is 41.9 Å². The summed E-state index contributed by atoms with van der Waals surface area (Å²) in [7, 11) is -4.25. The Morgan fingerprint density at radius 1 is 1.02 bits per heavy atom. The Balaban J connectivity index is 1.41. The van der Waals surface area contributed by atoms with E-state index in [1.54, 1.807) is 12.1 Å². The lowest BCUT2D eigenvalue weighted by atomic mass is 9.70. The minimum Gasteiger partial charge on any atom is -0.346 e. The molecule has 4 amide bonds. The van der Waals surface area contributed by atoms with E-state index in [0.29, 0.717) is 24.9 Å². The summed E-state index contributed by atoms with van der Waals surface area (Å²) in [5, 5.41) is 8.16. The molecule has 3 saturated carbocycles. The summed E-state index contributed by atoms with van der Waals surface area (Å²) in [6, 6.07) is 2.87. The zero-order chi connectivity index (χ0) is 41.4. The van der Waals surface area contributed by atoms with Crippen LogP contribution < -0.4 is 20.7 Å². The highest BCUT2D eigenvalue weighted by Gasteiger charge is 2.70. The average Bonchev–Trinajstić information content (AvgIpc) is 3.99. The van der Waals surface area contributed by atoms with E-state index in [-0.39, 0.29) is 41.3 Å². The Labute approximate surface area is 332 Å². The first-order chi connectivity index (χ1) is 26.1. The SMILES string of the molecule is C=CCNC(=O)C(=O)C(CC1CC1)NC(=O)[C@@H]1[C@@H]2[C@H](CN1C(=O)[C@@H](NC(=O)[C@@H](NS(=O)(=O)/C(C)=N/c1ccccc1C)C1(C)CCCCC1)C(C)(C)C)C2(C)C. The molecular formula is C42H62N6O7S. The Bertz CT molecular complexity index is 1860. The van der Waals surface area contributed by atoms with E-state index in [9.17, 15) is 32.4 Å². The molecule has 1 aromatic rings. The maximum Gasteiger partial charge on any atom is 0.289 e. The number of aliphatic imine (C=N–C) groups is 1. The molecule has 4 aliphatic rings. The number of benzene rings is 1. The molecule has 1 heterocycles. The Morgan fingerprint density at radius 2 is 1.66 bits per heavy atom. The number of para-hydroxylation sites is 1. The van der Waals surface area contributed by atoms with Crippen molar-refractivity contribution in [3.05, 3.63) is 42.5 Å². The molecule has 6 atom stereocenters. The van der Waals surface area contributed by atoms with Crippen LogP contribution >= 0.6 is 0 Å². The molecule has 13 nitrogen and oxygen atoms in total. The van der Waals surface area contributed by atoms with Crippen LogP contribution in [0.3, 0.4) is 0 Å². The van der Waals surface area contributed by atoms with Crippen molar-refractivity contribution in [2.75, 3.05) is 13.1 Å². The van der Waals surface area contributed by atoms with E-state index in [1.165, 1.54) is 17.9 Å². The van der Waals surface area contributed by atoms with Crippen LogP contribution in [0.4, 0.5) is 5.69 Å². The van der Waals surface area contributed by atoms with Crippen molar-refractivity contribution in [3.8, 4) is 0 Å². The number of sulfonamides is 1. The first-order valence-corrected chi connectivity index (χ1v) is 21.6. The van der Waals surface area contributed by atoms with Crippen LogP contribution in [-0.2, 0) is 34.0 Å². The highest BCUT2D eigenvalue weighted by molar-refractivity contribution is 8.04. The monoisotopic (exact) mass is 794 g/mol. The van der Waals surface area contributed by atoms with Crippen LogP contribution in [0.25, 0.3) is 0 Å². The third kappa shape index (κ3) is 9.44. The van der Waals surface area contributed by atoms with E-state index in [4.69, 9.17) is 0 Å². The molecule has 3 aliphatic carbocycles. The number of nitrogens with zero attached hydrogens (tertiary/aromatic N) is 2. The molecule has 1 aromatic carbocycles. The second-order valence-corrected chi connectivity index (χ2v) is 20.3. The van der Waals surface area contributed by atoms with Crippen LogP contribution in [0, 0.1) is 40.9 Å². The van der Waals surface area contributed by atoms with Gasteiger partial charge in [-0.05, 0) is 78.7 Å². The lowest BCUT2D eigenvalue weighted by molar-refractivity contribution is -0.147. The maximum atomic E-state index is 14.8. The fourth-order valence-electron chi connectivity index (χ4n) is 8.76. The minimum atomic E-state index is -4.25. The smallest absolute Gasteiger partial charge is 0.289 e. The van der Waals surface area contributed by atoms with Gasteiger partial charge in [0.05, 0.1) is 11.7 Å². The number of amides is 4. The number of ketones is 1. The van der Waals surface area contributed by atoms with Crippen molar-refractivity contribution < 1.29 is 32.4 Å². The Hall–Kier alpha value is -3.91. The molecule has 1 unspecified atom stereocenters. The lowest BCUT2D eigenvalue weighted by Gasteiger charge is -2.42. The highest BCUT2D eigenvalue weighted by atomic mass is 32.2. The summed E-state index contributed by atoms with van der Waals surface area (Å²) in [6.45, 7) is 18.7. The van der Waals surface area contributed by atoms with E-state index in [1.807, 2.05) is 46.8 Å². The molecule has 0 spiro atoms. The number of hydrogen-bond donors (Lipinski definition) is 4. The molecule has 0 bridgehead atoms. The van der Waals surface area contributed by atoms with Crippen molar-refractivity contribution in [2.45, 2.75) is 131 Å². The van der Waals surface area contributed by atoms with Gasteiger partial charge >= 0.3 is 0 Å². The number of piperidine rings is 1. The van der Waals surface area contributed by atoms with Gasteiger partial charge in [0, 0.05) is 13.1 Å². The predicted molar refractivity (Wildman–Crippen MR) is 216 cm³/mol. The highest BCUT2D eigenvalue weighted by Crippen LogP contribution is 2.65. The minimum absolute atomic E-state index is 0.0169. The standard InChI is InChI=1S/C42H62N6O7S/c1-10-22-43-37(51)33(49)30(23-27-18-19-27)45-36(50)32-31-28(41(31,7)8)24-48(32)39(53)35(40(4,5)6)46-38(52)34(42(9)20-14-11-15-21-42)47-56(54,55)26(3)44-29-17-13-12-16-25(29)2/h10,12-13,16-17,27-28,30-32,34-35,47H,1,11,14-15,18-24H2,2-9H3,(H,43,51)(H,45,50)(H,46,52)/b44-26+/t28-,30?,31-,32-,34+,35+/m0/s1. The molecule has 1 saturated heterocycles. The summed E-state index contributed by atoms with van der Waals surface area (Å²) in [5.41, 5.74) is -0.526. The molecule has 0 aromatic heterocycles. The van der Waals surface area contributed by atoms with E-state index >= 15 is 0 Å². The molecule has 5 rings (SSSR count). The first kappa shape index (κ1) is 43.2. The zero-order valence-electron chi connectivity index (χ0n) is 34.4. The number of Topliss-reactive ketones (excluding diaryl/α,β-unsaturated/α-hetero) is 1.